The average molecular weight is 631 g/mol. The minimum atomic E-state index is -3.67. The molecule has 0 saturated heterocycles. The molecule has 1 aliphatic heterocycles. The second-order valence-electron chi connectivity index (χ2n) is 10.3. The maximum atomic E-state index is 13.9. The van der Waals surface area contributed by atoms with Gasteiger partial charge in [-0.1, -0.05) is 66.4 Å². The second kappa shape index (κ2) is 14.6. The number of sulfone groups is 1. The summed E-state index contributed by atoms with van der Waals surface area (Å²) in [4.78, 5) is 20.9. The molecule has 0 spiro atoms. The van der Waals surface area contributed by atoms with Gasteiger partial charge in [-0.3, -0.25) is 4.79 Å². The van der Waals surface area contributed by atoms with Crippen molar-refractivity contribution in [3.63, 3.8) is 0 Å². The van der Waals surface area contributed by atoms with Gasteiger partial charge >= 0.3 is 0 Å². The van der Waals surface area contributed by atoms with E-state index in [1.807, 2.05) is 54.6 Å². The Morgan fingerprint density at radius 2 is 1.61 bits per heavy atom. The number of benzene rings is 4. The fourth-order valence-corrected chi connectivity index (χ4v) is 7.03. The maximum absolute atomic E-state index is 13.9. The van der Waals surface area contributed by atoms with Crippen molar-refractivity contribution < 1.29 is 27.8 Å². The first-order valence-corrected chi connectivity index (χ1v) is 16.8. The summed E-state index contributed by atoms with van der Waals surface area (Å²) >= 11 is 1.61. The Kier molecular flexibility index (Phi) is 10.4. The van der Waals surface area contributed by atoms with Crippen LogP contribution in [0.1, 0.15) is 24.0 Å². The molecule has 0 aromatic heterocycles. The van der Waals surface area contributed by atoms with Gasteiger partial charge in [0.1, 0.15) is 12.4 Å². The minimum Gasteiger partial charge on any atom is -0.494 e. The van der Waals surface area contributed by atoms with Crippen LogP contribution in [0.15, 0.2) is 129 Å². The third-order valence-electron chi connectivity index (χ3n) is 7.13. The van der Waals surface area contributed by atoms with Crippen LogP contribution in [-0.2, 0) is 25.9 Å². The molecule has 1 amide bonds. The quantitative estimate of drug-likeness (QED) is 0.182. The highest BCUT2D eigenvalue weighted by Gasteiger charge is 2.45. The van der Waals surface area contributed by atoms with Crippen molar-refractivity contribution >= 4 is 33.4 Å². The normalized spacial score (nSPS) is 16.2. The average Bonchev–Trinajstić information content (AvgIpc) is 3.51. The first-order valence-electron chi connectivity index (χ1n) is 14.3. The zero-order valence-corrected chi connectivity index (χ0v) is 25.7. The fourth-order valence-electron chi connectivity index (χ4n) is 4.65. The highest BCUT2D eigenvalue weighted by atomic mass is 32.2. The summed E-state index contributed by atoms with van der Waals surface area (Å²) in [5.41, 5.74) is 0.140. The minimum absolute atomic E-state index is 0.0459. The molecule has 2 N–H and O–H groups in total. The topological polar surface area (TPSA) is 114 Å². The number of aliphatic imine (C=N–C) groups is 1. The third kappa shape index (κ3) is 7.88. The van der Waals surface area contributed by atoms with E-state index in [0.29, 0.717) is 24.3 Å². The predicted octanol–water partition coefficient (Wildman–Crippen LogP) is 5.30. The molecular weight excluding hydrogens is 597 g/mol. The predicted molar refractivity (Wildman–Crippen MR) is 171 cm³/mol. The maximum Gasteiger partial charge on any atom is 0.251 e. The van der Waals surface area contributed by atoms with Crippen LogP contribution < -0.4 is 10.1 Å². The van der Waals surface area contributed by atoms with Crippen molar-refractivity contribution in [2.75, 3.05) is 25.6 Å². The lowest BCUT2D eigenvalue weighted by atomic mass is 9.97. The van der Waals surface area contributed by atoms with Gasteiger partial charge in [0, 0.05) is 34.9 Å². The summed E-state index contributed by atoms with van der Waals surface area (Å²) < 4.78 is 38.0. The summed E-state index contributed by atoms with van der Waals surface area (Å²) in [6.45, 7) is 0.587. The zero-order valence-electron chi connectivity index (χ0n) is 24.1. The van der Waals surface area contributed by atoms with Gasteiger partial charge in [-0.15, -0.1) is 0 Å². The molecule has 1 heterocycles. The van der Waals surface area contributed by atoms with E-state index in [9.17, 15) is 13.2 Å². The molecule has 0 unspecified atom stereocenters. The molecule has 1 aliphatic rings. The van der Waals surface area contributed by atoms with Gasteiger partial charge in [0.05, 0.1) is 17.3 Å². The van der Waals surface area contributed by atoms with Gasteiger partial charge in [-0.25, -0.2) is 13.4 Å². The molecule has 0 radical (unpaired) electrons. The molecule has 4 aromatic rings. The van der Waals surface area contributed by atoms with Crippen LogP contribution in [0.5, 0.6) is 5.75 Å². The summed E-state index contributed by atoms with van der Waals surface area (Å²) in [6.07, 6.45) is 0.471. The number of carbonyl (C=O) groups excluding carboxylic acids is 1. The van der Waals surface area contributed by atoms with Crippen LogP contribution in [-0.4, -0.2) is 56.4 Å². The Morgan fingerprint density at radius 1 is 0.932 bits per heavy atom. The molecule has 228 valence electrons. The van der Waals surface area contributed by atoms with E-state index in [2.05, 4.69) is 5.32 Å². The molecule has 1 atom stereocenters. The largest absolute Gasteiger partial charge is 0.494 e. The van der Waals surface area contributed by atoms with Crippen LogP contribution in [0.4, 0.5) is 0 Å². The van der Waals surface area contributed by atoms with Crippen molar-refractivity contribution in [2.24, 2.45) is 4.99 Å². The molecule has 0 saturated carbocycles. The Morgan fingerprint density at radius 3 is 2.34 bits per heavy atom. The van der Waals surface area contributed by atoms with Crippen molar-refractivity contribution in [3.05, 3.63) is 120 Å². The van der Waals surface area contributed by atoms with Crippen molar-refractivity contribution in [1.82, 2.24) is 5.32 Å². The monoisotopic (exact) mass is 630 g/mol. The van der Waals surface area contributed by atoms with Gasteiger partial charge in [-0.2, -0.15) is 0 Å². The number of hydrogen-bond donors (Lipinski definition) is 2. The molecule has 0 bridgehead atoms. The summed E-state index contributed by atoms with van der Waals surface area (Å²) in [6, 6.07) is 33.1. The Bertz CT molecular complexity index is 1680. The van der Waals surface area contributed by atoms with E-state index in [-0.39, 0.29) is 42.7 Å². The SMILES string of the molecule is O=C(NCc1ccccc1Sc1ccccc1)[C@@]1(CCS(=O)(=O)c2ccccc2)COC(c2ccc(OCCCO)cc2)=N1. The van der Waals surface area contributed by atoms with E-state index >= 15 is 0 Å². The zero-order chi connectivity index (χ0) is 30.8. The Labute approximate surface area is 262 Å². The van der Waals surface area contributed by atoms with Gasteiger partial charge in [0.15, 0.2) is 15.4 Å². The first-order chi connectivity index (χ1) is 21.4. The number of nitrogens with one attached hydrogen (secondary N) is 1. The number of aliphatic hydroxyl groups is 1. The van der Waals surface area contributed by atoms with E-state index < -0.39 is 21.3 Å². The van der Waals surface area contributed by atoms with Gasteiger partial charge in [0.25, 0.3) is 5.91 Å². The van der Waals surface area contributed by atoms with E-state index in [4.69, 9.17) is 19.6 Å². The third-order valence-corrected chi connectivity index (χ3v) is 9.99. The Balaban J connectivity index is 1.36. The number of hydrogen-bond acceptors (Lipinski definition) is 8. The van der Waals surface area contributed by atoms with Gasteiger partial charge in [0.2, 0.25) is 5.90 Å². The smallest absolute Gasteiger partial charge is 0.251 e. The highest BCUT2D eigenvalue weighted by Crippen LogP contribution is 2.32. The molecule has 4 aromatic carbocycles. The second-order valence-corrected chi connectivity index (χ2v) is 13.5. The number of nitrogens with zero attached hydrogens (tertiary/aromatic N) is 1. The lowest BCUT2D eigenvalue weighted by Gasteiger charge is -2.23. The number of amides is 1. The van der Waals surface area contributed by atoms with E-state index in [1.54, 1.807) is 66.4 Å². The lowest BCUT2D eigenvalue weighted by Crippen LogP contribution is -2.47. The highest BCUT2D eigenvalue weighted by molar-refractivity contribution is 7.99. The molecule has 0 aliphatic carbocycles. The van der Waals surface area contributed by atoms with Crippen LogP contribution >= 0.6 is 11.8 Å². The molecule has 5 rings (SSSR count). The van der Waals surface area contributed by atoms with Crippen molar-refractivity contribution in [2.45, 2.75) is 39.6 Å². The Hall–Kier alpha value is -4.12. The first kappa shape index (κ1) is 31.3. The van der Waals surface area contributed by atoms with Crippen LogP contribution in [0.25, 0.3) is 0 Å². The lowest BCUT2D eigenvalue weighted by molar-refractivity contribution is -0.127. The molecular formula is C34H34N2O6S2. The van der Waals surface area contributed by atoms with E-state index in [0.717, 1.165) is 15.4 Å². The van der Waals surface area contributed by atoms with E-state index in [1.165, 1.54) is 0 Å². The van der Waals surface area contributed by atoms with Crippen molar-refractivity contribution in [3.8, 4) is 5.75 Å². The summed E-state index contributed by atoms with van der Waals surface area (Å²) in [7, 11) is -3.67. The number of carbonyl (C=O) groups is 1. The van der Waals surface area contributed by atoms with Gasteiger partial charge in [-0.05, 0) is 66.6 Å². The van der Waals surface area contributed by atoms with Crippen LogP contribution in [0, 0.1) is 0 Å². The van der Waals surface area contributed by atoms with Crippen LogP contribution in [0.2, 0.25) is 0 Å². The standard InChI is InChI=1S/C34H34N2O6S2/c37-21-9-22-41-28-18-16-26(17-19-28)32-36-34(25-42-32,20-23-44(39,40)30-13-5-2-6-14-30)33(38)35-24-27-10-7-8-15-31(27)43-29-11-3-1-4-12-29/h1-8,10-19,37H,9,20-25H2,(H,35,38)/t34-/m1/s1. The number of aliphatic hydroxyl groups excluding tert-OH is 1. The summed E-state index contributed by atoms with van der Waals surface area (Å²) in [5.74, 6) is 0.215. The summed E-state index contributed by atoms with van der Waals surface area (Å²) in [5, 5.41) is 12.0. The number of ether oxygens (including phenoxy) is 2. The number of rotatable bonds is 14. The molecule has 0 fully saturated rings. The van der Waals surface area contributed by atoms with Crippen LogP contribution in [0.3, 0.4) is 0 Å². The van der Waals surface area contributed by atoms with Gasteiger partial charge < -0.3 is 19.9 Å². The molecule has 44 heavy (non-hydrogen) atoms. The molecule has 10 heteroatoms. The fraction of sp³-hybridized carbons (Fsp3) is 0.235. The van der Waals surface area contributed by atoms with Crippen molar-refractivity contribution in [1.29, 1.82) is 0 Å². The molecule has 8 nitrogen and oxygen atoms in total.